The van der Waals surface area contributed by atoms with Crippen LogP contribution in [0.25, 0.3) is 0 Å². The SMILES string of the molecule is C=C/N=C(/Nc1ccc(N2CCOCC2)nc1)N(C)NS(=O)(=O)c1c(F)cccc1F. The van der Waals surface area contributed by atoms with Crippen LogP contribution in [0.15, 0.2) is 59.2 Å². The maximum atomic E-state index is 13.9. The molecule has 166 valence electrons. The number of pyridine rings is 1. The molecule has 0 saturated carbocycles. The first-order chi connectivity index (χ1) is 14.8. The summed E-state index contributed by atoms with van der Waals surface area (Å²) in [6.07, 6.45) is 2.74. The fourth-order valence-corrected chi connectivity index (χ4v) is 4.05. The predicted molar refractivity (Wildman–Crippen MR) is 113 cm³/mol. The van der Waals surface area contributed by atoms with Crippen molar-refractivity contribution in [3.05, 3.63) is 60.9 Å². The summed E-state index contributed by atoms with van der Waals surface area (Å²) in [5.74, 6) is -1.63. The van der Waals surface area contributed by atoms with Crippen LogP contribution in [-0.2, 0) is 14.8 Å². The topological polar surface area (TPSA) is 99.2 Å². The van der Waals surface area contributed by atoms with Gasteiger partial charge in [-0.2, -0.15) is 0 Å². The van der Waals surface area contributed by atoms with E-state index in [1.54, 1.807) is 18.3 Å². The second kappa shape index (κ2) is 9.81. The largest absolute Gasteiger partial charge is 0.378 e. The summed E-state index contributed by atoms with van der Waals surface area (Å²) >= 11 is 0. The van der Waals surface area contributed by atoms with Gasteiger partial charge in [-0.25, -0.2) is 27.2 Å². The molecule has 3 rings (SSSR count). The minimum absolute atomic E-state index is 0.0104. The van der Waals surface area contributed by atoms with E-state index >= 15 is 0 Å². The van der Waals surface area contributed by atoms with Crippen molar-refractivity contribution in [1.82, 2.24) is 14.8 Å². The zero-order valence-corrected chi connectivity index (χ0v) is 17.6. The van der Waals surface area contributed by atoms with Crippen molar-refractivity contribution < 1.29 is 21.9 Å². The molecule has 1 aliphatic rings. The van der Waals surface area contributed by atoms with Crippen molar-refractivity contribution in [2.75, 3.05) is 43.6 Å². The molecule has 0 amide bonds. The number of rotatable bonds is 6. The number of hydrazine groups is 1. The van der Waals surface area contributed by atoms with Crippen LogP contribution in [0.4, 0.5) is 20.3 Å². The number of ether oxygens (including phenoxy) is 1. The smallest absolute Gasteiger partial charge is 0.263 e. The number of nitrogens with one attached hydrogen (secondary N) is 2. The summed E-state index contributed by atoms with van der Waals surface area (Å²) in [6.45, 7) is 6.23. The number of hydrogen-bond acceptors (Lipinski definition) is 6. The Kier molecular flexibility index (Phi) is 7.15. The number of guanidine groups is 1. The summed E-state index contributed by atoms with van der Waals surface area (Å²) in [5, 5.41) is 3.87. The number of sulfonamides is 1. The van der Waals surface area contributed by atoms with E-state index in [1.165, 1.54) is 13.2 Å². The van der Waals surface area contributed by atoms with Crippen LogP contribution in [-0.4, -0.2) is 57.7 Å². The molecule has 0 unspecified atom stereocenters. The zero-order valence-electron chi connectivity index (χ0n) is 16.8. The first kappa shape index (κ1) is 22.6. The lowest BCUT2D eigenvalue weighted by Gasteiger charge is -2.28. The van der Waals surface area contributed by atoms with Gasteiger partial charge in [-0.15, -0.1) is 4.83 Å². The monoisotopic (exact) mass is 452 g/mol. The Morgan fingerprint density at radius 2 is 1.94 bits per heavy atom. The molecule has 2 aromatic rings. The lowest BCUT2D eigenvalue weighted by atomic mass is 10.3. The number of nitrogens with zero attached hydrogens (tertiary/aromatic N) is 4. The fraction of sp³-hybridized carbons (Fsp3) is 0.263. The number of halogens is 2. The van der Waals surface area contributed by atoms with Crippen LogP contribution in [0.3, 0.4) is 0 Å². The Morgan fingerprint density at radius 3 is 2.52 bits per heavy atom. The first-order valence-corrected chi connectivity index (χ1v) is 10.7. The molecule has 31 heavy (non-hydrogen) atoms. The molecule has 1 fully saturated rings. The number of aromatic nitrogens is 1. The standard InChI is InChI=1S/C19H22F2N6O3S/c1-3-22-19(24-14-7-8-17(23-13-14)27-9-11-30-12-10-27)26(2)25-31(28,29)18-15(20)5-4-6-16(18)21/h3-8,13,25H,1,9-12H2,2H3,(H,22,24). The predicted octanol–water partition coefficient (Wildman–Crippen LogP) is 1.93. The molecular formula is C19H22F2N6O3S. The summed E-state index contributed by atoms with van der Waals surface area (Å²) < 4.78 is 58.2. The van der Waals surface area contributed by atoms with E-state index in [-0.39, 0.29) is 5.96 Å². The molecule has 1 aromatic carbocycles. The number of benzene rings is 1. The highest BCUT2D eigenvalue weighted by Crippen LogP contribution is 2.19. The third-order valence-corrected chi connectivity index (χ3v) is 5.76. The molecule has 1 saturated heterocycles. The Labute approximate surface area is 179 Å². The van der Waals surface area contributed by atoms with Gasteiger partial charge >= 0.3 is 0 Å². The maximum absolute atomic E-state index is 13.9. The van der Waals surface area contributed by atoms with Crippen LogP contribution < -0.4 is 15.0 Å². The maximum Gasteiger partial charge on any atom is 0.263 e. The highest BCUT2D eigenvalue weighted by Gasteiger charge is 2.26. The molecule has 9 nitrogen and oxygen atoms in total. The van der Waals surface area contributed by atoms with E-state index in [2.05, 4.69) is 31.6 Å². The molecular weight excluding hydrogens is 430 g/mol. The normalized spacial score (nSPS) is 14.9. The molecule has 0 aliphatic carbocycles. The van der Waals surface area contributed by atoms with Gasteiger partial charge in [-0.1, -0.05) is 12.6 Å². The molecule has 12 heteroatoms. The van der Waals surface area contributed by atoms with Gasteiger partial charge in [0.1, 0.15) is 17.5 Å². The second-order valence-corrected chi connectivity index (χ2v) is 8.07. The molecule has 0 atom stereocenters. The molecule has 0 radical (unpaired) electrons. The van der Waals surface area contributed by atoms with Gasteiger partial charge < -0.3 is 15.0 Å². The zero-order chi connectivity index (χ0) is 22.4. The van der Waals surface area contributed by atoms with Crippen LogP contribution in [0.2, 0.25) is 0 Å². The van der Waals surface area contributed by atoms with Crippen LogP contribution >= 0.6 is 0 Å². The highest BCUT2D eigenvalue weighted by molar-refractivity contribution is 7.89. The van der Waals surface area contributed by atoms with E-state index in [0.29, 0.717) is 18.9 Å². The lowest BCUT2D eigenvalue weighted by molar-refractivity contribution is 0.122. The average molecular weight is 452 g/mol. The van der Waals surface area contributed by atoms with E-state index in [0.717, 1.165) is 42.1 Å². The van der Waals surface area contributed by atoms with Crippen molar-refractivity contribution >= 4 is 27.5 Å². The third kappa shape index (κ3) is 5.54. The minimum Gasteiger partial charge on any atom is -0.378 e. The summed E-state index contributed by atoms with van der Waals surface area (Å²) in [6, 6.07) is 6.34. The van der Waals surface area contributed by atoms with E-state index in [9.17, 15) is 17.2 Å². The molecule has 1 aliphatic heterocycles. The van der Waals surface area contributed by atoms with Gasteiger partial charge in [0, 0.05) is 26.3 Å². The summed E-state index contributed by atoms with van der Waals surface area (Å²) in [4.78, 5) is 11.4. The van der Waals surface area contributed by atoms with Crippen molar-refractivity contribution in [3.63, 3.8) is 0 Å². The van der Waals surface area contributed by atoms with Crippen molar-refractivity contribution in [1.29, 1.82) is 0 Å². The number of morpholine rings is 1. The Balaban J connectivity index is 1.74. The quantitative estimate of drug-likeness (QED) is 0.393. The van der Waals surface area contributed by atoms with E-state index in [4.69, 9.17) is 4.74 Å². The second-order valence-electron chi connectivity index (χ2n) is 6.47. The fourth-order valence-electron chi connectivity index (χ4n) is 2.87. The van der Waals surface area contributed by atoms with Gasteiger partial charge in [0.25, 0.3) is 10.0 Å². The Morgan fingerprint density at radius 1 is 1.26 bits per heavy atom. The van der Waals surface area contributed by atoms with Gasteiger partial charge in [0.2, 0.25) is 5.96 Å². The van der Waals surface area contributed by atoms with Crippen LogP contribution in [0.5, 0.6) is 0 Å². The molecule has 2 N–H and O–H groups in total. The number of hydrogen-bond donors (Lipinski definition) is 2. The number of anilines is 2. The van der Waals surface area contributed by atoms with Crippen LogP contribution in [0, 0.1) is 11.6 Å². The van der Waals surface area contributed by atoms with Crippen LogP contribution in [0.1, 0.15) is 0 Å². The molecule has 1 aromatic heterocycles. The van der Waals surface area contributed by atoms with Crippen molar-refractivity contribution in [3.8, 4) is 0 Å². The first-order valence-electron chi connectivity index (χ1n) is 9.26. The third-order valence-electron chi connectivity index (χ3n) is 4.32. The summed E-state index contributed by atoms with van der Waals surface area (Å²) in [7, 11) is -3.24. The number of aliphatic imine (C=N–C) groups is 1. The van der Waals surface area contributed by atoms with E-state index in [1.807, 2.05) is 0 Å². The lowest BCUT2D eigenvalue weighted by Crippen LogP contribution is -2.46. The average Bonchev–Trinajstić information content (AvgIpc) is 2.74. The molecule has 2 heterocycles. The molecule has 0 spiro atoms. The van der Waals surface area contributed by atoms with Gasteiger partial charge in [0.05, 0.1) is 25.1 Å². The molecule has 0 bridgehead atoms. The van der Waals surface area contributed by atoms with Crippen molar-refractivity contribution in [2.45, 2.75) is 4.90 Å². The van der Waals surface area contributed by atoms with Gasteiger partial charge in [-0.05, 0) is 24.3 Å². The minimum atomic E-state index is -4.56. The highest BCUT2D eigenvalue weighted by atomic mass is 32.2. The Hall–Kier alpha value is -3.09. The Bertz CT molecular complexity index is 1040. The van der Waals surface area contributed by atoms with Gasteiger partial charge in [-0.3, -0.25) is 5.01 Å². The summed E-state index contributed by atoms with van der Waals surface area (Å²) in [5.41, 5.74) is 0.515. The van der Waals surface area contributed by atoms with Crippen molar-refractivity contribution in [2.24, 2.45) is 4.99 Å². The van der Waals surface area contributed by atoms with E-state index < -0.39 is 26.6 Å². The van der Waals surface area contributed by atoms with Gasteiger partial charge in [0.15, 0.2) is 4.90 Å².